The second-order valence-corrected chi connectivity index (χ2v) is 6.86. The highest BCUT2D eigenvalue weighted by molar-refractivity contribution is 14.0. The lowest BCUT2D eigenvalue weighted by atomic mass is 9.95. The number of carbonyl (C=O) groups is 1. The van der Waals surface area contributed by atoms with E-state index in [0.717, 1.165) is 61.6 Å². The second kappa shape index (κ2) is 10.5. The number of amides is 1. The summed E-state index contributed by atoms with van der Waals surface area (Å²) in [6.07, 6.45) is 3.33. The van der Waals surface area contributed by atoms with Gasteiger partial charge in [0.2, 0.25) is 5.91 Å². The average molecular weight is 484 g/mol. The van der Waals surface area contributed by atoms with Crippen molar-refractivity contribution in [3.8, 4) is 0 Å². The summed E-state index contributed by atoms with van der Waals surface area (Å²) in [5, 5.41) is 4.50. The van der Waals surface area contributed by atoms with E-state index in [0.29, 0.717) is 18.9 Å². The standard InChI is InChI=1S/C20H28N4O2.HI/c1-2-22-20(24-11-5-6-15(14-24)12-19(21)25)23-10-9-17-13-16-7-3-4-8-18(16)26-17;/h3-4,7-8,13,15H,2,5-6,9-12,14H2,1H3,(H2,21,25)(H,22,23);1H. The molecule has 2 heterocycles. The van der Waals surface area contributed by atoms with E-state index in [1.165, 1.54) is 0 Å². The minimum absolute atomic E-state index is 0. The molecule has 1 saturated heterocycles. The third-order valence-corrected chi connectivity index (χ3v) is 4.74. The highest BCUT2D eigenvalue weighted by atomic mass is 127. The largest absolute Gasteiger partial charge is 0.461 e. The van der Waals surface area contributed by atoms with Crippen LogP contribution in [0.1, 0.15) is 31.9 Å². The van der Waals surface area contributed by atoms with Crippen molar-refractivity contribution in [2.75, 3.05) is 26.2 Å². The predicted octanol–water partition coefficient (Wildman–Crippen LogP) is 3.15. The molecule has 1 fully saturated rings. The smallest absolute Gasteiger partial charge is 0.217 e. The molecule has 7 heteroatoms. The Labute approximate surface area is 177 Å². The summed E-state index contributed by atoms with van der Waals surface area (Å²) in [6.45, 7) is 5.35. The van der Waals surface area contributed by atoms with E-state index in [1.807, 2.05) is 18.2 Å². The van der Waals surface area contributed by atoms with Gasteiger partial charge in [-0.1, -0.05) is 18.2 Å². The first kappa shape index (κ1) is 21.5. The number of rotatable bonds is 6. The monoisotopic (exact) mass is 484 g/mol. The molecule has 1 aromatic carbocycles. The Bertz CT molecular complexity index is 741. The molecule has 0 saturated carbocycles. The zero-order valence-electron chi connectivity index (χ0n) is 15.8. The number of piperidine rings is 1. The molecule has 148 valence electrons. The van der Waals surface area contributed by atoms with Gasteiger partial charge in [0.15, 0.2) is 5.96 Å². The van der Waals surface area contributed by atoms with E-state index >= 15 is 0 Å². The molecule has 1 atom stereocenters. The van der Waals surface area contributed by atoms with Gasteiger partial charge >= 0.3 is 0 Å². The lowest BCUT2D eigenvalue weighted by molar-refractivity contribution is -0.119. The molecule has 6 nitrogen and oxygen atoms in total. The molecular weight excluding hydrogens is 455 g/mol. The number of fused-ring (bicyclic) bond motifs is 1. The maximum Gasteiger partial charge on any atom is 0.217 e. The Balaban J connectivity index is 0.00000261. The Morgan fingerprint density at radius 1 is 1.41 bits per heavy atom. The molecule has 0 radical (unpaired) electrons. The quantitative estimate of drug-likeness (QED) is 0.375. The van der Waals surface area contributed by atoms with Crippen LogP contribution in [0.3, 0.4) is 0 Å². The number of nitrogens with two attached hydrogens (primary N) is 1. The molecule has 0 bridgehead atoms. The SMILES string of the molecule is CCNC(=NCCc1cc2ccccc2o1)N1CCCC(CC(N)=O)C1.I. The molecule has 0 spiro atoms. The van der Waals surface area contributed by atoms with Gasteiger partial charge in [0.05, 0.1) is 0 Å². The molecule has 1 amide bonds. The molecule has 27 heavy (non-hydrogen) atoms. The highest BCUT2D eigenvalue weighted by Crippen LogP contribution is 2.20. The minimum Gasteiger partial charge on any atom is -0.461 e. The third-order valence-electron chi connectivity index (χ3n) is 4.74. The number of likely N-dealkylation sites (tertiary alicyclic amines) is 1. The lowest BCUT2D eigenvalue weighted by Gasteiger charge is -2.34. The first-order valence-electron chi connectivity index (χ1n) is 9.44. The number of primary amides is 1. The molecule has 0 aliphatic carbocycles. The van der Waals surface area contributed by atoms with Crippen molar-refractivity contribution in [1.82, 2.24) is 10.2 Å². The van der Waals surface area contributed by atoms with E-state index in [4.69, 9.17) is 15.1 Å². The third kappa shape index (κ3) is 6.12. The van der Waals surface area contributed by atoms with Crippen molar-refractivity contribution < 1.29 is 9.21 Å². The fourth-order valence-corrected chi connectivity index (χ4v) is 3.57. The summed E-state index contributed by atoms with van der Waals surface area (Å²) in [5.74, 6) is 1.97. The summed E-state index contributed by atoms with van der Waals surface area (Å²) in [4.78, 5) is 18.2. The van der Waals surface area contributed by atoms with Crippen LogP contribution in [0.15, 0.2) is 39.7 Å². The van der Waals surface area contributed by atoms with Crippen LogP contribution < -0.4 is 11.1 Å². The number of furan rings is 1. The van der Waals surface area contributed by atoms with Gasteiger partial charge in [-0.3, -0.25) is 9.79 Å². The second-order valence-electron chi connectivity index (χ2n) is 6.86. The number of guanidine groups is 1. The Morgan fingerprint density at radius 2 is 2.22 bits per heavy atom. The van der Waals surface area contributed by atoms with Crippen LogP contribution in [0.2, 0.25) is 0 Å². The number of nitrogens with zero attached hydrogens (tertiary/aromatic N) is 2. The number of para-hydroxylation sites is 1. The number of nitrogens with one attached hydrogen (secondary N) is 1. The zero-order valence-corrected chi connectivity index (χ0v) is 18.1. The molecule has 1 aromatic heterocycles. The molecular formula is C20H29IN4O2. The highest BCUT2D eigenvalue weighted by Gasteiger charge is 2.23. The molecule has 1 aliphatic heterocycles. The van der Waals surface area contributed by atoms with E-state index < -0.39 is 0 Å². The van der Waals surface area contributed by atoms with Crippen LogP contribution in [-0.2, 0) is 11.2 Å². The van der Waals surface area contributed by atoms with Gasteiger partial charge in [-0.15, -0.1) is 24.0 Å². The number of carbonyl (C=O) groups excluding carboxylic acids is 1. The fraction of sp³-hybridized carbons (Fsp3) is 0.500. The van der Waals surface area contributed by atoms with Crippen LogP contribution >= 0.6 is 24.0 Å². The first-order chi connectivity index (χ1) is 12.7. The molecule has 2 aromatic rings. The average Bonchev–Trinajstić information content (AvgIpc) is 3.03. The Kier molecular flexibility index (Phi) is 8.40. The minimum atomic E-state index is -0.219. The molecule has 3 rings (SSSR count). The number of hydrogen-bond donors (Lipinski definition) is 2. The maximum absolute atomic E-state index is 11.2. The zero-order chi connectivity index (χ0) is 18.4. The van der Waals surface area contributed by atoms with Crippen LogP contribution in [0.25, 0.3) is 11.0 Å². The van der Waals surface area contributed by atoms with Crippen molar-refractivity contribution in [1.29, 1.82) is 0 Å². The Hall–Kier alpha value is -1.77. The van der Waals surface area contributed by atoms with Crippen molar-refractivity contribution in [2.45, 2.75) is 32.6 Å². The topological polar surface area (TPSA) is 83.9 Å². The van der Waals surface area contributed by atoms with Crippen LogP contribution in [0.4, 0.5) is 0 Å². The summed E-state index contributed by atoms with van der Waals surface area (Å²) in [5.41, 5.74) is 6.29. The summed E-state index contributed by atoms with van der Waals surface area (Å²) in [7, 11) is 0. The first-order valence-corrected chi connectivity index (χ1v) is 9.44. The van der Waals surface area contributed by atoms with Gasteiger partial charge in [0.1, 0.15) is 11.3 Å². The van der Waals surface area contributed by atoms with Crippen LogP contribution in [-0.4, -0.2) is 42.9 Å². The van der Waals surface area contributed by atoms with E-state index in [-0.39, 0.29) is 29.9 Å². The van der Waals surface area contributed by atoms with Crippen molar-refractivity contribution in [3.63, 3.8) is 0 Å². The number of hydrogen-bond acceptors (Lipinski definition) is 3. The number of aliphatic imine (C=N–C) groups is 1. The van der Waals surface area contributed by atoms with Crippen molar-refractivity contribution in [2.24, 2.45) is 16.6 Å². The maximum atomic E-state index is 11.2. The fourth-order valence-electron chi connectivity index (χ4n) is 3.57. The molecule has 1 unspecified atom stereocenters. The number of halogens is 1. The molecule has 1 aliphatic rings. The Morgan fingerprint density at radius 3 is 2.96 bits per heavy atom. The van der Waals surface area contributed by atoms with Gasteiger partial charge < -0.3 is 20.4 Å². The predicted molar refractivity (Wildman–Crippen MR) is 119 cm³/mol. The van der Waals surface area contributed by atoms with Crippen LogP contribution in [0.5, 0.6) is 0 Å². The van der Waals surface area contributed by atoms with E-state index in [2.05, 4.69) is 29.3 Å². The normalized spacial score (nSPS) is 17.6. The van der Waals surface area contributed by atoms with E-state index in [1.54, 1.807) is 0 Å². The molecule has 3 N–H and O–H groups in total. The van der Waals surface area contributed by atoms with Gasteiger partial charge in [-0.25, -0.2) is 0 Å². The van der Waals surface area contributed by atoms with Gasteiger partial charge in [0.25, 0.3) is 0 Å². The van der Waals surface area contributed by atoms with Crippen molar-refractivity contribution >= 4 is 46.8 Å². The van der Waals surface area contributed by atoms with Gasteiger partial charge in [0, 0.05) is 44.4 Å². The number of benzene rings is 1. The summed E-state index contributed by atoms with van der Waals surface area (Å²) in [6, 6.07) is 10.1. The van der Waals surface area contributed by atoms with Crippen LogP contribution in [0, 0.1) is 5.92 Å². The summed E-state index contributed by atoms with van der Waals surface area (Å²) < 4.78 is 5.86. The lowest BCUT2D eigenvalue weighted by Crippen LogP contribution is -2.47. The summed E-state index contributed by atoms with van der Waals surface area (Å²) >= 11 is 0. The van der Waals surface area contributed by atoms with E-state index in [9.17, 15) is 4.79 Å². The van der Waals surface area contributed by atoms with Gasteiger partial charge in [-0.2, -0.15) is 0 Å². The van der Waals surface area contributed by atoms with Gasteiger partial charge in [-0.05, 0) is 37.8 Å². The van der Waals surface area contributed by atoms with Crippen molar-refractivity contribution in [3.05, 3.63) is 36.1 Å².